The molecule has 2 atom stereocenters. The van der Waals surface area contributed by atoms with E-state index in [0.29, 0.717) is 0 Å². The Balaban J connectivity index is 1.49. The van der Waals surface area contributed by atoms with Gasteiger partial charge in [-0.2, -0.15) is 0 Å². The van der Waals surface area contributed by atoms with Crippen LogP contribution in [0.3, 0.4) is 0 Å². The minimum atomic E-state index is 0.165. The SMILES string of the molecule is Cc1ccsc1C(=O)N1CC[C@@H]2OCCN(Cc3cccnc3)[C@H]2C1. The lowest BCUT2D eigenvalue weighted by molar-refractivity contribution is -0.101. The van der Waals surface area contributed by atoms with Crippen molar-refractivity contribution in [2.45, 2.75) is 32.0 Å². The van der Waals surface area contributed by atoms with Crippen LogP contribution in [-0.4, -0.2) is 59.1 Å². The molecule has 0 spiro atoms. The molecule has 25 heavy (non-hydrogen) atoms. The monoisotopic (exact) mass is 357 g/mol. The topological polar surface area (TPSA) is 45.7 Å². The molecule has 0 radical (unpaired) electrons. The highest BCUT2D eigenvalue weighted by Crippen LogP contribution is 2.27. The summed E-state index contributed by atoms with van der Waals surface area (Å²) in [6, 6.07) is 6.36. The van der Waals surface area contributed by atoms with Crippen molar-refractivity contribution in [2.75, 3.05) is 26.2 Å². The van der Waals surface area contributed by atoms with Crippen LogP contribution in [0.25, 0.3) is 0 Å². The second kappa shape index (κ2) is 7.23. The predicted molar refractivity (Wildman–Crippen MR) is 97.8 cm³/mol. The predicted octanol–water partition coefficient (Wildman–Crippen LogP) is 2.57. The third kappa shape index (κ3) is 3.47. The van der Waals surface area contributed by atoms with Crippen LogP contribution >= 0.6 is 11.3 Å². The lowest BCUT2D eigenvalue weighted by atomic mass is 9.97. The molecule has 1 amide bonds. The molecule has 0 unspecified atom stereocenters. The minimum Gasteiger partial charge on any atom is -0.375 e. The zero-order valence-corrected chi connectivity index (χ0v) is 15.2. The van der Waals surface area contributed by atoms with Crippen molar-refractivity contribution < 1.29 is 9.53 Å². The number of piperidine rings is 1. The number of hydrogen-bond donors (Lipinski definition) is 0. The molecule has 132 valence electrons. The fourth-order valence-corrected chi connectivity index (χ4v) is 4.68. The highest BCUT2D eigenvalue weighted by atomic mass is 32.1. The van der Waals surface area contributed by atoms with Crippen molar-refractivity contribution in [3.05, 3.63) is 52.0 Å². The zero-order valence-electron chi connectivity index (χ0n) is 14.4. The summed E-state index contributed by atoms with van der Waals surface area (Å²) in [6.07, 6.45) is 4.85. The molecule has 0 aliphatic carbocycles. The standard InChI is InChI=1S/C19H23N3O2S/c1-14-5-10-25-18(14)19(23)22-7-4-17-16(13-22)21(8-9-24-17)12-15-3-2-6-20-11-15/h2-3,5-6,10-11,16-17H,4,7-9,12-13H2,1H3/t16-,17-/m0/s1. The number of nitrogens with zero attached hydrogens (tertiary/aromatic N) is 3. The lowest BCUT2D eigenvalue weighted by Crippen LogP contribution is -2.60. The molecule has 2 fully saturated rings. The van der Waals surface area contributed by atoms with E-state index in [1.54, 1.807) is 6.20 Å². The van der Waals surface area contributed by atoms with E-state index >= 15 is 0 Å². The quantitative estimate of drug-likeness (QED) is 0.847. The van der Waals surface area contributed by atoms with E-state index in [4.69, 9.17) is 4.74 Å². The second-order valence-electron chi connectivity index (χ2n) is 6.78. The Hall–Kier alpha value is -1.76. The van der Waals surface area contributed by atoms with Crippen LogP contribution < -0.4 is 0 Å². The molecule has 2 aliphatic heterocycles. The van der Waals surface area contributed by atoms with Crippen LogP contribution in [0.15, 0.2) is 36.0 Å². The van der Waals surface area contributed by atoms with Crippen molar-refractivity contribution in [2.24, 2.45) is 0 Å². The van der Waals surface area contributed by atoms with Gasteiger partial charge in [0.1, 0.15) is 0 Å². The molecule has 2 aliphatic rings. The Kier molecular flexibility index (Phi) is 4.83. The molecule has 0 N–H and O–H groups in total. The van der Waals surface area contributed by atoms with Crippen LogP contribution in [0.1, 0.15) is 27.2 Å². The Labute approximate surface area is 152 Å². The molecule has 5 nitrogen and oxygen atoms in total. The first-order valence-corrected chi connectivity index (χ1v) is 9.68. The number of carbonyl (C=O) groups is 1. The summed E-state index contributed by atoms with van der Waals surface area (Å²) in [6.45, 7) is 6.04. The number of fused-ring (bicyclic) bond motifs is 1. The summed E-state index contributed by atoms with van der Waals surface area (Å²) in [4.78, 5) is 22.4. The zero-order chi connectivity index (χ0) is 17.2. The van der Waals surface area contributed by atoms with Gasteiger partial charge in [-0.25, -0.2) is 0 Å². The molecule has 2 saturated heterocycles. The smallest absolute Gasteiger partial charge is 0.264 e. The maximum absolute atomic E-state index is 12.9. The van der Waals surface area contributed by atoms with Gasteiger partial charge in [0.25, 0.3) is 5.91 Å². The number of aromatic nitrogens is 1. The molecule has 4 heterocycles. The maximum Gasteiger partial charge on any atom is 0.264 e. The summed E-state index contributed by atoms with van der Waals surface area (Å²) in [5, 5.41) is 1.99. The van der Waals surface area contributed by atoms with E-state index in [9.17, 15) is 4.79 Å². The number of hydrogen-bond acceptors (Lipinski definition) is 5. The van der Waals surface area contributed by atoms with E-state index in [0.717, 1.165) is 49.6 Å². The fourth-order valence-electron chi connectivity index (χ4n) is 3.78. The van der Waals surface area contributed by atoms with Crippen LogP contribution in [0.4, 0.5) is 0 Å². The Bertz CT molecular complexity index is 733. The Morgan fingerprint density at radius 1 is 1.40 bits per heavy atom. The molecule has 0 saturated carbocycles. The molecule has 4 rings (SSSR count). The van der Waals surface area contributed by atoms with E-state index in [1.165, 1.54) is 16.9 Å². The first-order chi connectivity index (χ1) is 12.2. The number of carbonyl (C=O) groups excluding carboxylic acids is 1. The molecule has 6 heteroatoms. The third-order valence-electron chi connectivity index (χ3n) is 5.15. The number of ether oxygens (including phenoxy) is 1. The van der Waals surface area contributed by atoms with E-state index in [-0.39, 0.29) is 18.1 Å². The third-order valence-corrected chi connectivity index (χ3v) is 6.16. The van der Waals surface area contributed by atoms with Crippen molar-refractivity contribution in [1.29, 1.82) is 0 Å². The van der Waals surface area contributed by atoms with Gasteiger partial charge >= 0.3 is 0 Å². The number of aryl methyl sites for hydroxylation is 1. The first-order valence-electron chi connectivity index (χ1n) is 8.80. The molecule has 2 aromatic rings. The van der Waals surface area contributed by atoms with Gasteiger partial charge < -0.3 is 9.64 Å². The Morgan fingerprint density at radius 2 is 2.32 bits per heavy atom. The highest BCUT2D eigenvalue weighted by molar-refractivity contribution is 7.12. The average Bonchev–Trinajstić information content (AvgIpc) is 3.08. The summed E-state index contributed by atoms with van der Waals surface area (Å²) >= 11 is 1.54. The number of pyridine rings is 1. The van der Waals surface area contributed by atoms with Gasteiger partial charge in [-0.3, -0.25) is 14.7 Å². The van der Waals surface area contributed by atoms with Gasteiger partial charge in [-0.1, -0.05) is 6.07 Å². The van der Waals surface area contributed by atoms with Crippen molar-refractivity contribution in [3.8, 4) is 0 Å². The molecule has 2 aromatic heterocycles. The number of morpholine rings is 1. The first kappa shape index (κ1) is 16.7. The summed E-state index contributed by atoms with van der Waals surface area (Å²) in [5.41, 5.74) is 2.28. The van der Waals surface area contributed by atoms with Crippen LogP contribution in [0, 0.1) is 6.92 Å². The average molecular weight is 357 g/mol. The molecule has 0 bridgehead atoms. The highest BCUT2D eigenvalue weighted by Gasteiger charge is 2.38. The molecular formula is C19H23N3O2S. The number of likely N-dealkylation sites (tertiary alicyclic amines) is 1. The van der Waals surface area contributed by atoms with Crippen molar-refractivity contribution in [3.63, 3.8) is 0 Å². The second-order valence-corrected chi connectivity index (χ2v) is 7.70. The van der Waals surface area contributed by atoms with Crippen molar-refractivity contribution in [1.82, 2.24) is 14.8 Å². The van der Waals surface area contributed by atoms with Gasteiger partial charge in [-0.05, 0) is 42.0 Å². The summed E-state index contributed by atoms with van der Waals surface area (Å²) in [7, 11) is 0. The van der Waals surface area contributed by atoms with Gasteiger partial charge in [0.2, 0.25) is 0 Å². The minimum absolute atomic E-state index is 0.165. The number of amides is 1. The Morgan fingerprint density at radius 3 is 3.08 bits per heavy atom. The van der Waals surface area contributed by atoms with Crippen LogP contribution in [0.2, 0.25) is 0 Å². The van der Waals surface area contributed by atoms with Crippen molar-refractivity contribution >= 4 is 17.2 Å². The normalized spacial score (nSPS) is 24.1. The van der Waals surface area contributed by atoms with E-state index in [2.05, 4.69) is 16.0 Å². The summed E-state index contributed by atoms with van der Waals surface area (Å²) < 4.78 is 6.00. The number of rotatable bonds is 3. The lowest BCUT2D eigenvalue weighted by Gasteiger charge is -2.47. The fraction of sp³-hybridized carbons (Fsp3) is 0.474. The molecular weight excluding hydrogens is 334 g/mol. The van der Waals surface area contributed by atoms with Crippen LogP contribution in [0.5, 0.6) is 0 Å². The van der Waals surface area contributed by atoms with E-state index in [1.807, 2.05) is 35.5 Å². The van der Waals surface area contributed by atoms with Crippen LogP contribution in [-0.2, 0) is 11.3 Å². The van der Waals surface area contributed by atoms with Gasteiger partial charge in [-0.15, -0.1) is 11.3 Å². The van der Waals surface area contributed by atoms with Gasteiger partial charge in [0.05, 0.1) is 23.6 Å². The largest absolute Gasteiger partial charge is 0.375 e. The summed E-state index contributed by atoms with van der Waals surface area (Å²) in [5.74, 6) is 0.165. The van der Waals surface area contributed by atoms with Gasteiger partial charge in [0, 0.05) is 38.6 Å². The molecule has 0 aromatic carbocycles. The number of thiophene rings is 1. The van der Waals surface area contributed by atoms with E-state index < -0.39 is 0 Å². The maximum atomic E-state index is 12.9. The van der Waals surface area contributed by atoms with Gasteiger partial charge in [0.15, 0.2) is 0 Å².